The van der Waals surface area contributed by atoms with Crippen LogP contribution >= 0.6 is 0 Å². The second-order valence-electron chi connectivity index (χ2n) is 4.10. The minimum absolute atomic E-state index is 0.0984. The van der Waals surface area contributed by atoms with E-state index in [0.717, 1.165) is 30.0 Å². The quantitative estimate of drug-likeness (QED) is 0.718. The van der Waals surface area contributed by atoms with Gasteiger partial charge in [0.2, 0.25) is 0 Å². The number of methoxy groups -OCH3 is 1. The van der Waals surface area contributed by atoms with Crippen LogP contribution in [0.2, 0.25) is 0 Å². The van der Waals surface area contributed by atoms with Crippen LogP contribution in [0.1, 0.15) is 23.4 Å². The SMILES string of the molecule is COC(=O)C1CCN1Cc1c(C)noc1C. The molecule has 1 aliphatic rings. The summed E-state index contributed by atoms with van der Waals surface area (Å²) in [5.41, 5.74) is 1.97. The lowest BCUT2D eigenvalue weighted by atomic mass is 10.0. The highest BCUT2D eigenvalue weighted by Crippen LogP contribution is 2.24. The molecule has 0 aliphatic carbocycles. The van der Waals surface area contributed by atoms with Crippen LogP contribution in [0.15, 0.2) is 4.52 Å². The molecular weight excluding hydrogens is 208 g/mol. The molecule has 0 bridgehead atoms. The first-order valence-electron chi connectivity index (χ1n) is 5.37. The summed E-state index contributed by atoms with van der Waals surface area (Å²) in [6, 6.07) is -0.0984. The highest BCUT2D eigenvalue weighted by molar-refractivity contribution is 5.76. The normalized spacial score (nSPS) is 20.6. The Morgan fingerprint density at radius 1 is 1.62 bits per heavy atom. The van der Waals surface area contributed by atoms with E-state index in [4.69, 9.17) is 9.26 Å². The summed E-state index contributed by atoms with van der Waals surface area (Å²) in [6.45, 7) is 5.44. The molecule has 5 nitrogen and oxygen atoms in total. The topological polar surface area (TPSA) is 55.6 Å². The first kappa shape index (κ1) is 11.1. The molecule has 0 saturated carbocycles. The van der Waals surface area contributed by atoms with Crippen molar-refractivity contribution in [2.24, 2.45) is 0 Å². The number of esters is 1. The van der Waals surface area contributed by atoms with Crippen molar-refractivity contribution in [1.29, 1.82) is 0 Å². The Morgan fingerprint density at radius 3 is 2.81 bits per heavy atom. The third-order valence-corrected chi connectivity index (χ3v) is 3.15. The zero-order chi connectivity index (χ0) is 11.7. The zero-order valence-corrected chi connectivity index (χ0v) is 9.82. The maximum atomic E-state index is 11.4. The number of carbonyl (C=O) groups excluding carboxylic acids is 1. The minimum atomic E-state index is -0.155. The lowest BCUT2D eigenvalue weighted by Gasteiger charge is -2.38. The van der Waals surface area contributed by atoms with Gasteiger partial charge in [-0.15, -0.1) is 0 Å². The van der Waals surface area contributed by atoms with Gasteiger partial charge in [0.25, 0.3) is 0 Å². The van der Waals surface area contributed by atoms with Crippen molar-refractivity contribution in [1.82, 2.24) is 10.1 Å². The largest absolute Gasteiger partial charge is 0.468 e. The van der Waals surface area contributed by atoms with Crippen LogP contribution in [-0.2, 0) is 16.1 Å². The minimum Gasteiger partial charge on any atom is -0.468 e. The summed E-state index contributed by atoms with van der Waals surface area (Å²) in [7, 11) is 1.43. The predicted octanol–water partition coefficient (Wildman–Crippen LogP) is 1.04. The fourth-order valence-electron chi connectivity index (χ4n) is 1.96. The molecule has 0 spiro atoms. The van der Waals surface area contributed by atoms with Crippen LogP contribution < -0.4 is 0 Å². The molecule has 88 valence electrons. The van der Waals surface area contributed by atoms with Gasteiger partial charge in [0.1, 0.15) is 11.8 Å². The fraction of sp³-hybridized carbons (Fsp3) is 0.636. The van der Waals surface area contributed by atoms with Gasteiger partial charge in [-0.05, 0) is 20.3 Å². The van der Waals surface area contributed by atoms with E-state index >= 15 is 0 Å². The lowest BCUT2D eigenvalue weighted by Crippen LogP contribution is -2.52. The van der Waals surface area contributed by atoms with Crippen molar-refractivity contribution >= 4 is 5.97 Å². The first-order valence-corrected chi connectivity index (χ1v) is 5.37. The summed E-state index contributed by atoms with van der Waals surface area (Å²) in [5.74, 6) is 0.672. The number of aryl methyl sites for hydroxylation is 2. The zero-order valence-electron chi connectivity index (χ0n) is 9.82. The highest BCUT2D eigenvalue weighted by atomic mass is 16.5. The van der Waals surface area contributed by atoms with Crippen LogP contribution in [0.5, 0.6) is 0 Å². The van der Waals surface area contributed by atoms with Gasteiger partial charge in [0, 0.05) is 18.7 Å². The molecule has 0 radical (unpaired) electrons. The molecule has 0 amide bonds. The van der Waals surface area contributed by atoms with Gasteiger partial charge in [-0.1, -0.05) is 5.16 Å². The molecule has 1 aromatic rings. The molecule has 0 aromatic carbocycles. The van der Waals surface area contributed by atoms with Gasteiger partial charge in [-0.3, -0.25) is 9.69 Å². The number of hydrogen-bond donors (Lipinski definition) is 0. The summed E-state index contributed by atoms with van der Waals surface area (Å²) in [5, 5.41) is 3.90. The van der Waals surface area contributed by atoms with Crippen molar-refractivity contribution in [2.75, 3.05) is 13.7 Å². The van der Waals surface area contributed by atoms with Crippen molar-refractivity contribution in [2.45, 2.75) is 32.9 Å². The second-order valence-corrected chi connectivity index (χ2v) is 4.10. The van der Waals surface area contributed by atoms with Crippen LogP contribution in [-0.4, -0.2) is 35.7 Å². The molecule has 2 rings (SSSR count). The predicted molar refractivity (Wildman–Crippen MR) is 56.8 cm³/mol. The number of ether oxygens (including phenoxy) is 1. The van der Waals surface area contributed by atoms with Crippen molar-refractivity contribution < 1.29 is 14.1 Å². The summed E-state index contributed by atoms with van der Waals surface area (Å²) in [6.07, 6.45) is 0.871. The van der Waals surface area contributed by atoms with Crippen molar-refractivity contribution in [3.05, 3.63) is 17.0 Å². The standard InChI is InChI=1S/C11H16N2O3/c1-7-9(8(2)16-12-7)6-13-5-4-10(13)11(14)15-3/h10H,4-6H2,1-3H3. The molecule has 0 N–H and O–H groups in total. The van der Waals surface area contributed by atoms with E-state index < -0.39 is 0 Å². The fourth-order valence-corrected chi connectivity index (χ4v) is 1.96. The summed E-state index contributed by atoms with van der Waals surface area (Å²) >= 11 is 0. The van der Waals surface area contributed by atoms with Crippen molar-refractivity contribution in [3.63, 3.8) is 0 Å². The number of aromatic nitrogens is 1. The highest BCUT2D eigenvalue weighted by Gasteiger charge is 2.35. The third-order valence-electron chi connectivity index (χ3n) is 3.15. The van der Waals surface area contributed by atoms with Gasteiger partial charge >= 0.3 is 5.97 Å². The first-order chi connectivity index (χ1) is 7.63. The number of carbonyl (C=O) groups is 1. The monoisotopic (exact) mass is 224 g/mol. The molecule has 16 heavy (non-hydrogen) atoms. The number of rotatable bonds is 3. The molecule has 1 aromatic heterocycles. The number of hydrogen-bond acceptors (Lipinski definition) is 5. The maximum Gasteiger partial charge on any atom is 0.323 e. The van der Waals surface area contributed by atoms with Crippen LogP contribution in [0.3, 0.4) is 0 Å². The van der Waals surface area contributed by atoms with Crippen LogP contribution in [0, 0.1) is 13.8 Å². The maximum absolute atomic E-state index is 11.4. The van der Waals surface area contributed by atoms with Gasteiger partial charge in [0.15, 0.2) is 0 Å². The smallest absolute Gasteiger partial charge is 0.323 e. The molecule has 5 heteroatoms. The van der Waals surface area contributed by atoms with Gasteiger partial charge in [-0.2, -0.15) is 0 Å². The van der Waals surface area contributed by atoms with E-state index in [2.05, 4.69) is 10.1 Å². The lowest BCUT2D eigenvalue weighted by molar-refractivity contribution is -0.152. The van der Waals surface area contributed by atoms with Crippen LogP contribution in [0.4, 0.5) is 0 Å². The Bertz CT molecular complexity index is 380. The molecular formula is C11H16N2O3. The van der Waals surface area contributed by atoms with E-state index in [0.29, 0.717) is 6.54 Å². The molecule has 1 fully saturated rings. The molecule has 1 atom stereocenters. The van der Waals surface area contributed by atoms with Crippen LogP contribution in [0.25, 0.3) is 0 Å². The Kier molecular flexibility index (Phi) is 2.96. The van der Waals surface area contributed by atoms with E-state index in [1.165, 1.54) is 7.11 Å². The third kappa shape index (κ3) is 1.82. The summed E-state index contributed by atoms with van der Waals surface area (Å²) < 4.78 is 9.84. The average Bonchev–Trinajstić information content (AvgIpc) is 2.54. The molecule has 1 saturated heterocycles. The molecule has 1 aliphatic heterocycles. The van der Waals surface area contributed by atoms with Crippen molar-refractivity contribution in [3.8, 4) is 0 Å². The van der Waals surface area contributed by atoms with Gasteiger partial charge in [-0.25, -0.2) is 0 Å². The molecule has 2 heterocycles. The second kappa shape index (κ2) is 4.25. The average molecular weight is 224 g/mol. The number of likely N-dealkylation sites (tertiary alicyclic amines) is 1. The number of nitrogens with zero attached hydrogens (tertiary/aromatic N) is 2. The van der Waals surface area contributed by atoms with E-state index in [1.807, 2.05) is 13.8 Å². The van der Waals surface area contributed by atoms with E-state index in [-0.39, 0.29) is 12.0 Å². The van der Waals surface area contributed by atoms with E-state index in [1.54, 1.807) is 0 Å². The molecule has 1 unspecified atom stereocenters. The summed E-state index contributed by atoms with van der Waals surface area (Å²) in [4.78, 5) is 13.5. The Morgan fingerprint density at radius 2 is 2.38 bits per heavy atom. The Labute approximate surface area is 94.3 Å². The van der Waals surface area contributed by atoms with E-state index in [9.17, 15) is 4.79 Å². The van der Waals surface area contributed by atoms with Gasteiger partial charge in [0.05, 0.1) is 12.8 Å². The Balaban J connectivity index is 2.03. The van der Waals surface area contributed by atoms with Gasteiger partial charge < -0.3 is 9.26 Å². The Hall–Kier alpha value is -1.36.